The number of rotatable bonds is 2. The van der Waals surface area contributed by atoms with Crippen molar-refractivity contribution in [1.29, 1.82) is 0 Å². The SMILES string of the molecule is CC1(C(=O)N2C[C@H](O)C[C@@H]2C(=O)O)CCCC1N. The van der Waals surface area contributed by atoms with Crippen LogP contribution in [0.2, 0.25) is 0 Å². The molecule has 18 heavy (non-hydrogen) atoms. The molecule has 6 nitrogen and oxygen atoms in total. The molecule has 1 saturated carbocycles. The highest BCUT2D eigenvalue weighted by molar-refractivity contribution is 5.88. The summed E-state index contributed by atoms with van der Waals surface area (Å²) >= 11 is 0. The van der Waals surface area contributed by atoms with Crippen molar-refractivity contribution in [2.24, 2.45) is 11.1 Å². The zero-order valence-electron chi connectivity index (χ0n) is 10.5. The number of aliphatic hydroxyl groups excluding tert-OH is 1. The number of likely N-dealkylation sites (tertiary alicyclic amines) is 1. The second-order valence-corrected chi connectivity index (χ2v) is 5.62. The summed E-state index contributed by atoms with van der Waals surface area (Å²) in [6.07, 6.45) is 1.71. The Bertz CT molecular complexity index is 373. The van der Waals surface area contributed by atoms with E-state index < -0.39 is 23.5 Å². The number of aliphatic hydroxyl groups is 1. The van der Waals surface area contributed by atoms with Crippen molar-refractivity contribution in [3.63, 3.8) is 0 Å². The zero-order valence-corrected chi connectivity index (χ0v) is 10.5. The first kappa shape index (κ1) is 13.3. The van der Waals surface area contributed by atoms with Gasteiger partial charge in [0.15, 0.2) is 0 Å². The number of aliphatic carboxylic acids is 1. The van der Waals surface area contributed by atoms with Crippen molar-refractivity contribution in [2.75, 3.05) is 6.54 Å². The van der Waals surface area contributed by atoms with Crippen LogP contribution in [0.3, 0.4) is 0 Å². The predicted octanol–water partition coefficient (Wildman–Crippen LogP) is -0.450. The number of hydrogen-bond donors (Lipinski definition) is 3. The van der Waals surface area contributed by atoms with E-state index in [0.29, 0.717) is 6.42 Å². The van der Waals surface area contributed by atoms with Crippen LogP contribution in [0.25, 0.3) is 0 Å². The molecular weight excluding hydrogens is 236 g/mol. The number of nitrogens with zero attached hydrogens (tertiary/aromatic N) is 1. The van der Waals surface area contributed by atoms with E-state index in [0.717, 1.165) is 12.8 Å². The molecule has 6 heteroatoms. The number of nitrogens with two attached hydrogens (primary N) is 1. The maximum atomic E-state index is 12.5. The molecule has 4 atom stereocenters. The molecule has 4 N–H and O–H groups in total. The summed E-state index contributed by atoms with van der Waals surface area (Å²) in [6.45, 7) is 1.90. The highest BCUT2D eigenvalue weighted by atomic mass is 16.4. The Morgan fingerprint density at radius 3 is 2.61 bits per heavy atom. The highest BCUT2D eigenvalue weighted by Gasteiger charge is 2.49. The molecule has 0 aromatic heterocycles. The van der Waals surface area contributed by atoms with Crippen molar-refractivity contribution in [2.45, 2.75) is 50.8 Å². The van der Waals surface area contributed by atoms with Gasteiger partial charge in [0.2, 0.25) is 5.91 Å². The lowest BCUT2D eigenvalue weighted by molar-refractivity contribution is -0.153. The Labute approximate surface area is 106 Å². The fraction of sp³-hybridized carbons (Fsp3) is 0.833. The summed E-state index contributed by atoms with van der Waals surface area (Å²) in [5.41, 5.74) is 5.30. The van der Waals surface area contributed by atoms with Gasteiger partial charge in [-0.25, -0.2) is 4.79 Å². The molecule has 0 aromatic carbocycles. The van der Waals surface area contributed by atoms with Crippen LogP contribution in [-0.2, 0) is 9.59 Å². The van der Waals surface area contributed by atoms with Gasteiger partial charge in [-0.05, 0) is 19.8 Å². The zero-order chi connectivity index (χ0) is 13.5. The Hall–Kier alpha value is -1.14. The lowest BCUT2D eigenvalue weighted by Gasteiger charge is -2.34. The molecule has 0 aromatic rings. The lowest BCUT2D eigenvalue weighted by atomic mass is 9.83. The Morgan fingerprint density at radius 2 is 2.11 bits per heavy atom. The molecule has 0 radical (unpaired) electrons. The first-order valence-corrected chi connectivity index (χ1v) is 6.34. The third-order valence-corrected chi connectivity index (χ3v) is 4.34. The van der Waals surface area contributed by atoms with Crippen LogP contribution >= 0.6 is 0 Å². The van der Waals surface area contributed by atoms with Crippen molar-refractivity contribution in [3.8, 4) is 0 Å². The summed E-state index contributed by atoms with van der Waals surface area (Å²) < 4.78 is 0. The summed E-state index contributed by atoms with van der Waals surface area (Å²) in [7, 11) is 0. The summed E-state index contributed by atoms with van der Waals surface area (Å²) in [4.78, 5) is 24.9. The van der Waals surface area contributed by atoms with E-state index in [4.69, 9.17) is 10.8 Å². The van der Waals surface area contributed by atoms with Crippen molar-refractivity contribution < 1.29 is 19.8 Å². The number of carbonyl (C=O) groups is 2. The maximum Gasteiger partial charge on any atom is 0.326 e. The molecule has 0 bridgehead atoms. The van der Waals surface area contributed by atoms with Crippen LogP contribution in [0, 0.1) is 5.41 Å². The number of hydrogen-bond acceptors (Lipinski definition) is 4. The molecule has 102 valence electrons. The number of amides is 1. The first-order valence-electron chi connectivity index (χ1n) is 6.34. The van der Waals surface area contributed by atoms with Gasteiger partial charge in [0.25, 0.3) is 0 Å². The van der Waals surface area contributed by atoms with Crippen LogP contribution in [0.15, 0.2) is 0 Å². The van der Waals surface area contributed by atoms with Gasteiger partial charge in [-0.3, -0.25) is 4.79 Å². The van der Waals surface area contributed by atoms with E-state index in [1.807, 2.05) is 0 Å². The first-order chi connectivity index (χ1) is 8.36. The lowest BCUT2D eigenvalue weighted by Crippen LogP contribution is -2.52. The molecule has 1 aliphatic carbocycles. The second kappa shape index (κ2) is 4.51. The second-order valence-electron chi connectivity index (χ2n) is 5.62. The van der Waals surface area contributed by atoms with Crippen LogP contribution in [0.4, 0.5) is 0 Å². The van der Waals surface area contributed by atoms with Crippen LogP contribution in [-0.4, -0.2) is 51.7 Å². The van der Waals surface area contributed by atoms with Gasteiger partial charge < -0.3 is 20.8 Å². The third kappa shape index (κ3) is 1.99. The van der Waals surface area contributed by atoms with Crippen LogP contribution in [0.1, 0.15) is 32.6 Å². The normalized spacial score (nSPS) is 40.2. The van der Waals surface area contributed by atoms with Crippen molar-refractivity contribution in [1.82, 2.24) is 4.90 Å². The minimum absolute atomic E-state index is 0.0953. The van der Waals surface area contributed by atoms with Gasteiger partial charge in [0, 0.05) is 19.0 Å². The number of β-amino-alcohol motifs (C(OH)–C–C–N with tert-alkyl or cyclic N) is 1. The quantitative estimate of drug-likeness (QED) is 0.621. The molecule has 2 aliphatic rings. The van der Waals surface area contributed by atoms with E-state index in [-0.39, 0.29) is 24.9 Å². The monoisotopic (exact) mass is 256 g/mol. The van der Waals surface area contributed by atoms with E-state index in [2.05, 4.69) is 0 Å². The molecule has 1 saturated heterocycles. The van der Waals surface area contributed by atoms with Gasteiger partial charge in [-0.2, -0.15) is 0 Å². The number of carboxylic acids is 1. The molecule has 2 unspecified atom stereocenters. The number of carbonyl (C=O) groups excluding carboxylic acids is 1. The Balaban J connectivity index is 2.20. The van der Waals surface area contributed by atoms with E-state index >= 15 is 0 Å². The molecule has 2 rings (SSSR count). The molecule has 1 amide bonds. The largest absolute Gasteiger partial charge is 0.480 e. The van der Waals surface area contributed by atoms with Gasteiger partial charge >= 0.3 is 5.97 Å². The molecule has 2 fully saturated rings. The summed E-state index contributed by atoms with van der Waals surface area (Å²) in [5, 5.41) is 18.7. The Kier molecular flexibility index (Phi) is 3.33. The topological polar surface area (TPSA) is 104 Å². The fourth-order valence-corrected chi connectivity index (χ4v) is 3.06. The van der Waals surface area contributed by atoms with Crippen molar-refractivity contribution >= 4 is 11.9 Å². The number of carboxylic acid groups (broad SMARTS) is 1. The third-order valence-electron chi connectivity index (χ3n) is 4.34. The average molecular weight is 256 g/mol. The predicted molar refractivity (Wildman–Crippen MR) is 63.7 cm³/mol. The molecule has 1 heterocycles. The molecular formula is C12H20N2O4. The van der Waals surface area contributed by atoms with Gasteiger partial charge in [-0.1, -0.05) is 6.42 Å². The standard InChI is InChI=1S/C12H20N2O4/c1-12(4-2-3-9(12)13)11(18)14-6-7(15)5-8(14)10(16)17/h7-9,15H,2-6,13H2,1H3,(H,16,17)/t7-,8-,9?,12?/m1/s1. The smallest absolute Gasteiger partial charge is 0.326 e. The highest BCUT2D eigenvalue weighted by Crippen LogP contribution is 2.39. The van der Waals surface area contributed by atoms with E-state index in [1.165, 1.54) is 4.90 Å². The van der Waals surface area contributed by atoms with Gasteiger partial charge in [-0.15, -0.1) is 0 Å². The van der Waals surface area contributed by atoms with Crippen LogP contribution in [0.5, 0.6) is 0 Å². The van der Waals surface area contributed by atoms with E-state index in [1.54, 1.807) is 6.92 Å². The fourth-order valence-electron chi connectivity index (χ4n) is 3.06. The Morgan fingerprint density at radius 1 is 1.44 bits per heavy atom. The maximum absolute atomic E-state index is 12.5. The van der Waals surface area contributed by atoms with Gasteiger partial charge in [0.1, 0.15) is 6.04 Å². The molecule has 1 aliphatic heterocycles. The van der Waals surface area contributed by atoms with Crippen LogP contribution < -0.4 is 5.73 Å². The minimum Gasteiger partial charge on any atom is -0.480 e. The average Bonchev–Trinajstić information content (AvgIpc) is 2.83. The van der Waals surface area contributed by atoms with Crippen molar-refractivity contribution in [3.05, 3.63) is 0 Å². The van der Waals surface area contributed by atoms with Gasteiger partial charge in [0.05, 0.1) is 11.5 Å². The molecule has 0 spiro atoms. The summed E-state index contributed by atoms with van der Waals surface area (Å²) in [6, 6.07) is -1.14. The van der Waals surface area contributed by atoms with E-state index in [9.17, 15) is 14.7 Å². The minimum atomic E-state index is -1.06. The summed E-state index contributed by atoms with van der Waals surface area (Å²) in [5.74, 6) is -1.29.